The summed E-state index contributed by atoms with van der Waals surface area (Å²) in [6.45, 7) is 3.16. The number of rotatable bonds is 6. The van der Waals surface area contributed by atoms with E-state index < -0.39 is 0 Å². The SMILES string of the molecule is CN=C(NCc1ccnc(-n2cccn2)c1)NCc1coc(-c2ccc(C)cc2)n1. The van der Waals surface area contributed by atoms with Crippen LogP contribution in [0.3, 0.4) is 0 Å². The third-order valence-corrected chi connectivity index (χ3v) is 4.52. The molecule has 3 aromatic heterocycles. The topological polar surface area (TPSA) is 93.2 Å². The fraction of sp³-hybridized carbons (Fsp3) is 0.182. The van der Waals surface area contributed by atoms with E-state index in [1.165, 1.54) is 5.56 Å². The van der Waals surface area contributed by atoms with E-state index in [1.54, 1.807) is 30.4 Å². The van der Waals surface area contributed by atoms with Crippen LogP contribution in [0.5, 0.6) is 0 Å². The Hall–Kier alpha value is -3.94. The highest BCUT2D eigenvalue weighted by molar-refractivity contribution is 5.79. The Balaban J connectivity index is 1.33. The molecule has 0 fully saturated rings. The second kappa shape index (κ2) is 9.04. The number of guanidine groups is 1. The Kier molecular flexibility index (Phi) is 5.84. The molecule has 0 saturated carbocycles. The molecule has 152 valence electrons. The van der Waals surface area contributed by atoms with Gasteiger partial charge >= 0.3 is 0 Å². The monoisotopic (exact) mass is 401 g/mol. The van der Waals surface area contributed by atoms with Crippen molar-refractivity contribution >= 4 is 5.96 Å². The number of hydrogen-bond donors (Lipinski definition) is 2. The molecule has 0 aliphatic heterocycles. The lowest BCUT2D eigenvalue weighted by molar-refractivity contribution is 0.572. The first kappa shape index (κ1) is 19.4. The van der Waals surface area contributed by atoms with Crippen LogP contribution in [0.15, 0.2) is 76.7 Å². The van der Waals surface area contributed by atoms with Gasteiger partial charge in [-0.3, -0.25) is 4.99 Å². The number of aliphatic imine (C=N–C) groups is 1. The van der Waals surface area contributed by atoms with E-state index in [0.29, 0.717) is 24.9 Å². The van der Waals surface area contributed by atoms with Crippen LogP contribution >= 0.6 is 0 Å². The van der Waals surface area contributed by atoms with Gasteiger partial charge in [0.15, 0.2) is 11.8 Å². The summed E-state index contributed by atoms with van der Waals surface area (Å²) in [4.78, 5) is 13.2. The Bertz CT molecular complexity index is 1110. The molecule has 0 unspecified atom stereocenters. The summed E-state index contributed by atoms with van der Waals surface area (Å²) in [6.07, 6.45) is 7.02. The van der Waals surface area contributed by atoms with Crippen molar-refractivity contribution in [3.8, 4) is 17.3 Å². The second-order valence-corrected chi connectivity index (χ2v) is 6.76. The van der Waals surface area contributed by atoms with Crippen LogP contribution in [0.4, 0.5) is 0 Å². The lowest BCUT2D eigenvalue weighted by Crippen LogP contribution is -2.36. The second-order valence-electron chi connectivity index (χ2n) is 6.76. The van der Waals surface area contributed by atoms with Gasteiger partial charge in [-0.2, -0.15) is 5.10 Å². The van der Waals surface area contributed by atoms with Crippen LogP contribution in [0.2, 0.25) is 0 Å². The molecule has 30 heavy (non-hydrogen) atoms. The maximum absolute atomic E-state index is 5.61. The van der Waals surface area contributed by atoms with Crippen LogP contribution < -0.4 is 10.6 Å². The van der Waals surface area contributed by atoms with Crippen molar-refractivity contribution in [2.45, 2.75) is 20.0 Å². The number of benzene rings is 1. The highest BCUT2D eigenvalue weighted by Crippen LogP contribution is 2.19. The van der Waals surface area contributed by atoms with Crippen LogP contribution in [0, 0.1) is 6.92 Å². The predicted octanol–water partition coefficient (Wildman–Crippen LogP) is 3.10. The molecule has 0 saturated heterocycles. The van der Waals surface area contributed by atoms with Crippen molar-refractivity contribution in [3.63, 3.8) is 0 Å². The molecule has 3 heterocycles. The largest absolute Gasteiger partial charge is 0.444 e. The lowest BCUT2D eigenvalue weighted by atomic mass is 10.1. The van der Waals surface area contributed by atoms with Gasteiger partial charge in [-0.1, -0.05) is 17.7 Å². The molecule has 2 N–H and O–H groups in total. The van der Waals surface area contributed by atoms with E-state index in [-0.39, 0.29) is 0 Å². The minimum Gasteiger partial charge on any atom is -0.444 e. The van der Waals surface area contributed by atoms with Crippen molar-refractivity contribution < 1.29 is 4.42 Å². The smallest absolute Gasteiger partial charge is 0.226 e. The first-order chi connectivity index (χ1) is 14.7. The molecule has 0 spiro atoms. The molecular formula is C22H23N7O. The molecule has 8 nitrogen and oxygen atoms in total. The van der Waals surface area contributed by atoms with E-state index in [4.69, 9.17) is 4.42 Å². The fourth-order valence-electron chi connectivity index (χ4n) is 2.90. The van der Waals surface area contributed by atoms with Gasteiger partial charge in [0.1, 0.15) is 6.26 Å². The van der Waals surface area contributed by atoms with Crippen molar-refractivity contribution in [2.24, 2.45) is 4.99 Å². The highest BCUT2D eigenvalue weighted by atomic mass is 16.3. The fourth-order valence-corrected chi connectivity index (χ4v) is 2.90. The molecule has 4 aromatic rings. The van der Waals surface area contributed by atoms with Gasteiger partial charge in [0.2, 0.25) is 5.89 Å². The molecule has 1 aromatic carbocycles. The summed E-state index contributed by atoms with van der Waals surface area (Å²) < 4.78 is 7.34. The highest BCUT2D eigenvalue weighted by Gasteiger charge is 2.08. The van der Waals surface area contributed by atoms with E-state index in [1.807, 2.05) is 48.7 Å². The zero-order valence-corrected chi connectivity index (χ0v) is 16.9. The summed E-state index contributed by atoms with van der Waals surface area (Å²) in [6, 6.07) is 13.9. The number of aryl methyl sites for hydroxylation is 1. The van der Waals surface area contributed by atoms with Gasteiger partial charge in [-0.15, -0.1) is 0 Å². The van der Waals surface area contributed by atoms with Crippen LogP contribution in [0.1, 0.15) is 16.8 Å². The lowest BCUT2D eigenvalue weighted by Gasteiger charge is -2.11. The van der Waals surface area contributed by atoms with Crippen molar-refractivity contribution in [1.82, 2.24) is 30.4 Å². The molecule has 0 amide bonds. The molecule has 8 heteroatoms. The first-order valence-corrected chi connectivity index (χ1v) is 9.62. The van der Waals surface area contributed by atoms with Gasteiger partial charge in [0.05, 0.1) is 12.2 Å². The molecule has 0 aliphatic carbocycles. The third-order valence-electron chi connectivity index (χ3n) is 4.52. The number of aromatic nitrogens is 4. The van der Waals surface area contributed by atoms with Crippen LogP contribution in [0.25, 0.3) is 17.3 Å². The average Bonchev–Trinajstić information content (AvgIpc) is 3.47. The maximum atomic E-state index is 5.61. The zero-order valence-electron chi connectivity index (χ0n) is 16.9. The Morgan fingerprint density at radius 2 is 1.93 bits per heavy atom. The number of nitrogens with one attached hydrogen (secondary N) is 2. The van der Waals surface area contributed by atoms with E-state index in [9.17, 15) is 0 Å². The summed E-state index contributed by atoms with van der Waals surface area (Å²) in [5.41, 5.74) is 4.04. The van der Waals surface area contributed by atoms with Gasteiger partial charge < -0.3 is 15.1 Å². The quantitative estimate of drug-likeness (QED) is 0.381. The van der Waals surface area contributed by atoms with E-state index in [0.717, 1.165) is 22.6 Å². The van der Waals surface area contributed by atoms with Gasteiger partial charge in [0.25, 0.3) is 0 Å². The predicted molar refractivity (Wildman–Crippen MR) is 115 cm³/mol. The van der Waals surface area contributed by atoms with Gasteiger partial charge in [0, 0.05) is 37.7 Å². The minimum atomic E-state index is 0.504. The van der Waals surface area contributed by atoms with Crippen LogP contribution in [-0.2, 0) is 13.1 Å². The Labute approximate surface area is 174 Å². The minimum absolute atomic E-state index is 0.504. The summed E-state index contributed by atoms with van der Waals surface area (Å²) in [7, 11) is 1.73. The normalized spacial score (nSPS) is 11.5. The molecule has 0 bridgehead atoms. The summed E-state index contributed by atoms with van der Waals surface area (Å²) in [5, 5.41) is 10.8. The molecular weight excluding hydrogens is 378 g/mol. The molecule has 0 aliphatic rings. The van der Waals surface area contributed by atoms with E-state index in [2.05, 4.69) is 37.6 Å². The summed E-state index contributed by atoms with van der Waals surface area (Å²) in [5.74, 6) is 2.05. The number of hydrogen-bond acceptors (Lipinski definition) is 5. The summed E-state index contributed by atoms with van der Waals surface area (Å²) >= 11 is 0. The number of nitrogens with zero attached hydrogens (tertiary/aromatic N) is 5. The molecule has 0 radical (unpaired) electrons. The third kappa shape index (κ3) is 4.72. The zero-order chi connectivity index (χ0) is 20.8. The Morgan fingerprint density at radius 1 is 1.10 bits per heavy atom. The van der Waals surface area contributed by atoms with Crippen molar-refractivity contribution in [2.75, 3.05) is 7.05 Å². The average molecular weight is 401 g/mol. The molecule has 4 rings (SSSR count). The van der Waals surface area contributed by atoms with Crippen molar-refractivity contribution in [3.05, 3.63) is 84.1 Å². The van der Waals surface area contributed by atoms with Gasteiger partial charge in [-0.05, 0) is 42.8 Å². The van der Waals surface area contributed by atoms with E-state index >= 15 is 0 Å². The Morgan fingerprint density at radius 3 is 2.70 bits per heavy atom. The standard InChI is InChI=1S/C22H23N7O/c1-16-4-6-18(7-5-16)21-28-19(15-30-21)14-26-22(23-2)25-13-17-8-10-24-20(12-17)29-11-3-9-27-29/h3-12,15H,13-14H2,1-2H3,(H2,23,25,26). The number of pyridine rings is 1. The number of oxazole rings is 1. The van der Waals surface area contributed by atoms with Gasteiger partial charge in [-0.25, -0.2) is 14.6 Å². The maximum Gasteiger partial charge on any atom is 0.226 e. The van der Waals surface area contributed by atoms with Crippen molar-refractivity contribution in [1.29, 1.82) is 0 Å². The first-order valence-electron chi connectivity index (χ1n) is 9.62. The van der Waals surface area contributed by atoms with Crippen LogP contribution in [-0.4, -0.2) is 32.8 Å². The molecule has 0 atom stereocenters.